The number of thiazole rings is 1. The Morgan fingerprint density at radius 1 is 1.60 bits per heavy atom. The number of furan rings is 1. The maximum atomic E-state index is 11.5. The van der Waals surface area contributed by atoms with Crippen molar-refractivity contribution in [2.75, 3.05) is 0 Å². The minimum Gasteiger partial charge on any atom is -0.440 e. The highest BCUT2D eigenvalue weighted by Crippen LogP contribution is 2.13. The first-order valence-electron chi connectivity index (χ1n) is 4.17. The number of carbonyl (C=O) groups excluding carboxylic acids is 1. The van der Waals surface area contributed by atoms with Gasteiger partial charge in [-0.05, 0) is 23.7 Å². The molecule has 0 aliphatic carbocycles. The van der Waals surface area contributed by atoms with Crippen LogP contribution in [0.4, 0.5) is 0 Å². The van der Waals surface area contributed by atoms with Crippen LogP contribution in [0.3, 0.4) is 0 Å². The van der Waals surface area contributed by atoms with Crippen molar-refractivity contribution in [3.8, 4) is 0 Å². The van der Waals surface area contributed by atoms with E-state index in [0.29, 0.717) is 6.54 Å². The first-order chi connectivity index (χ1) is 7.25. The van der Waals surface area contributed by atoms with Crippen LogP contribution in [0.15, 0.2) is 28.1 Å². The fourth-order valence-corrected chi connectivity index (χ4v) is 1.72. The number of aromatic nitrogens is 1. The van der Waals surface area contributed by atoms with Crippen LogP contribution in [0.5, 0.6) is 0 Å². The third-order valence-corrected chi connectivity index (χ3v) is 2.66. The summed E-state index contributed by atoms with van der Waals surface area (Å²) in [5, 5.41) is 5.57. The van der Waals surface area contributed by atoms with Gasteiger partial charge in [0.05, 0.1) is 6.54 Å². The van der Waals surface area contributed by atoms with Gasteiger partial charge < -0.3 is 9.73 Å². The minimum atomic E-state index is -0.294. The number of nitrogens with one attached hydrogen (secondary N) is 1. The Morgan fingerprint density at radius 3 is 3.07 bits per heavy atom. The molecule has 78 valence electrons. The zero-order valence-electron chi connectivity index (χ0n) is 7.57. The molecule has 15 heavy (non-hydrogen) atoms. The molecule has 0 unspecified atom stereocenters. The van der Waals surface area contributed by atoms with Gasteiger partial charge in [0, 0.05) is 11.6 Å². The van der Waals surface area contributed by atoms with E-state index in [-0.39, 0.29) is 16.9 Å². The van der Waals surface area contributed by atoms with Crippen molar-refractivity contribution in [2.24, 2.45) is 0 Å². The smallest absolute Gasteiger partial charge is 0.287 e. The van der Waals surface area contributed by atoms with Gasteiger partial charge in [-0.25, -0.2) is 4.98 Å². The van der Waals surface area contributed by atoms with Gasteiger partial charge in [0.2, 0.25) is 0 Å². The molecule has 2 heterocycles. The summed E-state index contributed by atoms with van der Waals surface area (Å²) in [6.45, 7) is 0.398. The van der Waals surface area contributed by atoms with E-state index in [9.17, 15) is 4.79 Å². The Hall–Kier alpha value is -1.33. The van der Waals surface area contributed by atoms with E-state index in [0.717, 1.165) is 5.01 Å². The Labute approximate surface area is 94.9 Å². The quantitative estimate of drug-likeness (QED) is 0.899. The van der Waals surface area contributed by atoms with Crippen LogP contribution in [0.25, 0.3) is 0 Å². The summed E-state index contributed by atoms with van der Waals surface area (Å²) in [7, 11) is 0. The van der Waals surface area contributed by atoms with Crippen LogP contribution in [-0.2, 0) is 6.54 Å². The van der Waals surface area contributed by atoms with E-state index < -0.39 is 0 Å². The van der Waals surface area contributed by atoms with Crippen molar-refractivity contribution in [1.29, 1.82) is 0 Å². The molecule has 1 amide bonds. The van der Waals surface area contributed by atoms with Crippen molar-refractivity contribution >= 4 is 28.8 Å². The number of rotatable bonds is 3. The summed E-state index contributed by atoms with van der Waals surface area (Å²) in [5.41, 5.74) is 0. The largest absolute Gasteiger partial charge is 0.440 e. The van der Waals surface area contributed by atoms with Crippen molar-refractivity contribution in [3.05, 3.63) is 39.7 Å². The van der Waals surface area contributed by atoms with Crippen LogP contribution >= 0.6 is 22.9 Å². The number of hydrogen-bond acceptors (Lipinski definition) is 4. The molecule has 0 aromatic carbocycles. The lowest BCUT2D eigenvalue weighted by Gasteiger charge is -1.98. The molecule has 0 spiro atoms. The molecule has 0 aliphatic heterocycles. The van der Waals surface area contributed by atoms with Crippen molar-refractivity contribution in [3.63, 3.8) is 0 Å². The predicted octanol–water partition coefficient (Wildman–Crippen LogP) is 2.32. The summed E-state index contributed by atoms with van der Waals surface area (Å²) in [4.78, 5) is 15.5. The maximum Gasteiger partial charge on any atom is 0.287 e. The lowest BCUT2D eigenvalue weighted by Crippen LogP contribution is -2.22. The fraction of sp³-hybridized carbons (Fsp3) is 0.111. The number of halogens is 1. The summed E-state index contributed by atoms with van der Waals surface area (Å²) in [5.74, 6) is -0.0892. The number of carbonyl (C=O) groups is 1. The molecule has 2 aromatic rings. The molecule has 0 radical (unpaired) electrons. The van der Waals surface area contributed by atoms with Crippen LogP contribution < -0.4 is 5.32 Å². The molecule has 0 saturated carbocycles. The first kappa shape index (κ1) is 10.2. The minimum absolute atomic E-state index is 0.203. The molecule has 0 atom stereocenters. The molecular weight excluding hydrogens is 236 g/mol. The summed E-state index contributed by atoms with van der Waals surface area (Å²) < 4.78 is 4.95. The van der Waals surface area contributed by atoms with Crippen LogP contribution in [0.2, 0.25) is 5.22 Å². The predicted molar refractivity (Wildman–Crippen MR) is 57.0 cm³/mol. The van der Waals surface area contributed by atoms with Gasteiger partial charge >= 0.3 is 0 Å². The normalized spacial score (nSPS) is 10.2. The van der Waals surface area contributed by atoms with E-state index in [1.54, 1.807) is 6.20 Å². The number of amides is 1. The van der Waals surface area contributed by atoms with E-state index in [1.165, 1.54) is 23.5 Å². The van der Waals surface area contributed by atoms with Crippen LogP contribution in [0, 0.1) is 0 Å². The highest BCUT2D eigenvalue weighted by atomic mass is 35.5. The summed E-state index contributed by atoms with van der Waals surface area (Å²) in [6.07, 6.45) is 1.69. The molecule has 0 aliphatic rings. The highest BCUT2D eigenvalue weighted by Gasteiger charge is 2.10. The molecular formula is C9H7ClN2O2S. The van der Waals surface area contributed by atoms with Gasteiger partial charge in [-0.2, -0.15) is 0 Å². The van der Waals surface area contributed by atoms with Gasteiger partial charge in [0.25, 0.3) is 5.91 Å². The molecule has 0 bridgehead atoms. The lowest BCUT2D eigenvalue weighted by molar-refractivity contribution is 0.0923. The van der Waals surface area contributed by atoms with Gasteiger partial charge in [0.15, 0.2) is 11.0 Å². The van der Waals surface area contributed by atoms with E-state index in [4.69, 9.17) is 16.0 Å². The Balaban J connectivity index is 1.93. The molecule has 4 nitrogen and oxygen atoms in total. The van der Waals surface area contributed by atoms with Gasteiger partial charge in [0.1, 0.15) is 5.01 Å². The molecule has 6 heteroatoms. The first-order valence-corrected chi connectivity index (χ1v) is 5.43. The zero-order chi connectivity index (χ0) is 10.7. The second-order valence-corrected chi connectivity index (χ2v) is 4.06. The van der Waals surface area contributed by atoms with Crippen molar-refractivity contribution < 1.29 is 9.21 Å². The Morgan fingerprint density at radius 2 is 2.47 bits per heavy atom. The Kier molecular flexibility index (Phi) is 3.03. The average Bonchev–Trinajstić information content (AvgIpc) is 2.84. The fourth-order valence-electron chi connectivity index (χ4n) is 1.02. The van der Waals surface area contributed by atoms with Gasteiger partial charge in [-0.15, -0.1) is 11.3 Å². The third-order valence-electron chi connectivity index (χ3n) is 1.68. The zero-order valence-corrected chi connectivity index (χ0v) is 9.14. The maximum absolute atomic E-state index is 11.5. The molecule has 1 N–H and O–H groups in total. The number of hydrogen-bond donors (Lipinski definition) is 1. The molecule has 0 saturated heterocycles. The van der Waals surface area contributed by atoms with E-state index >= 15 is 0 Å². The standard InChI is InChI=1S/C9H7ClN2O2S/c10-7-2-1-6(14-7)9(13)12-5-8-11-3-4-15-8/h1-4H,5H2,(H,12,13). The highest BCUT2D eigenvalue weighted by molar-refractivity contribution is 7.09. The van der Waals surface area contributed by atoms with Gasteiger partial charge in [-0.1, -0.05) is 0 Å². The third kappa shape index (κ3) is 2.57. The topological polar surface area (TPSA) is 55.1 Å². The van der Waals surface area contributed by atoms with Crippen LogP contribution in [0.1, 0.15) is 15.6 Å². The van der Waals surface area contributed by atoms with E-state index in [2.05, 4.69) is 10.3 Å². The average molecular weight is 243 g/mol. The van der Waals surface area contributed by atoms with E-state index in [1.807, 2.05) is 5.38 Å². The summed E-state index contributed by atoms with van der Waals surface area (Å²) in [6, 6.07) is 3.05. The van der Waals surface area contributed by atoms with Gasteiger partial charge in [-0.3, -0.25) is 4.79 Å². The van der Waals surface area contributed by atoms with Crippen LogP contribution in [-0.4, -0.2) is 10.9 Å². The van der Waals surface area contributed by atoms with Crippen molar-refractivity contribution in [1.82, 2.24) is 10.3 Å². The van der Waals surface area contributed by atoms with Crippen molar-refractivity contribution in [2.45, 2.75) is 6.54 Å². The molecule has 2 rings (SSSR count). The molecule has 0 fully saturated rings. The summed E-state index contributed by atoms with van der Waals surface area (Å²) >= 11 is 7.03. The number of nitrogens with zero attached hydrogens (tertiary/aromatic N) is 1. The Bertz CT molecular complexity index is 452. The molecule has 2 aromatic heterocycles. The monoisotopic (exact) mass is 242 g/mol. The lowest BCUT2D eigenvalue weighted by atomic mass is 10.4. The SMILES string of the molecule is O=C(NCc1nccs1)c1ccc(Cl)o1. The second kappa shape index (κ2) is 4.46. The second-order valence-electron chi connectivity index (χ2n) is 2.71.